The van der Waals surface area contributed by atoms with Crippen LogP contribution in [0.5, 0.6) is 0 Å². The number of carbonyl (C=O) groups excluding carboxylic acids is 1. The number of carbonyl (C=O) groups is 1. The van der Waals surface area contributed by atoms with Gasteiger partial charge in [-0.1, -0.05) is 0 Å². The van der Waals surface area contributed by atoms with E-state index in [-0.39, 0.29) is 18.9 Å². The lowest BCUT2D eigenvalue weighted by Gasteiger charge is -2.09. The SMILES string of the molecule is CO.O=C1CC(CC(F)(F)F)CN1. The summed E-state index contributed by atoms with van der Waals surface area (Å²) < 4.78 is 35.1. The summed E-state index contributed by atoms with van der Waals surface area (Å²) in [6.07, 6.45) is -4.98. The minimum absolute atomic E-state index is 0.0134. The van der Waals surface area contributed by atoms with Crippen LogP contribution in [-0.2, 0) is 4.79 Å². The predicted octanol–water partition coefficient (Wildman–Crippen LogP) is 0.683. The second-order valence-electron chi connectivity index (χ2n) is 2.69. The molecule has 2 N–H and O–H groups in total. The highest BCUT2D eigenvalue weighted by molar-refractivity contribution is 5.78. The third-order valence-electron chi connectivity index (χ3n) is 1.58. The smallest absolute Gasteiger partial charge is 0.389 e. The summed E-state index contributed by atoms with van der Waals surface area (Å²) in [5.41, 5.74) is 0. The molecule has 0 aliphatic carbocycles. The van der Waals surface area contributed by atoms with Gasteiger partial charge in [-0.05, 0) is 5.92 Å². The lowest BCUT2D eigenvalue weighted by Crippen LogP contribution is -2.17. The fraction of sp³-hybridized carbons (Fsp3) is 0.857. The van der Waals surface area contributed by atoms with E-state index < -0.39 is 18.5 Å². The number of alkyl halides is 3. The average Bonchev–Trinajstić information content (AvgIpc) is 2.36. The largest absolute Gasteiger partial charge is 0.400 e. The monoisotopic (exact) mass is 199 g/mol. The quantitative estimate of drug-likeness (QED) is 0.652. The van der Waals surface area contributed by atoms with Gasteiger partial charge in [0, 0.05) is 26.5 Å². The average molecular weight is 199 g/mol. The van der Waals surface area contributed by atoms with E-state index in [1.54, 1.807) is 0 Å². The van der Waals surface area contributed by atoms with E-state index in [0.29, 0.717) is 0 Å². The van der Waals surface area contributed by atoms with Gasteiger partial charge in [-0.2, -0.15) is 13.2 Å². The van der Waals surface area contributed by atoms with Gasteiger partial charge < -0.3 is 10.4 Å². The normalized spacial score (nSPS) is 21.9. The van der Waals surface area contributed by atoms with Crippen LogP contribution >= 0.6 is 0 Å². The molecule has 0 saturated carbocycles. The maximum Gasteiger partial charge on any atom is 0.389 e. The van der Waals surface area contributed by atoms with Gasteiger partial charge in [0.1, 0.15) is 0 Å². The maximum absolute atomic E-state index is 11.7. The van der Waals surface area contributed by atoms with E-state index in [2.05, 4.69) is 5.32 Å². The van der Waals surface area contributed by atoms with Crippen molar-refractivity contribution in [2.45, 2.75) is 19.0 Å². The molecule has 1 heterocycles. The molecule has 1 amide bonds. The lowest BCUT2D eigenvalue weighted by molar-refractivity contribution is -0.143. The third kappa shape index (κ3) is 5.46. The van der Waals surface area contributed by atoms with Crippen molar-refractivity contribution in [2.75, 3.05) is 13.7 Å². The fourth-order valence-corrected chi connectivity index (χ4v) is 1.14. The van der Waals surface area contributed by atoms with E-state index in [1.165, 1.54) is 0 Å². The van der Waals surface area contributed by atoms with Gasteiger partial charge in [-0.15, -0.1) is 0 Å². The molecule has 1 fully saturated rings. The van der Waals surface area contributed by atoms with Gasteiger partial charge in [0.05, 0.1) is 0 Å². The first-order valence-electron chi connectivity index (χ1n) is 3.75. The van der Waals surface area contributed by atoms with Crippen molar-refractivity contribution in [3.63, 3.8) is 0 Å². The number of hydrogen-bond acceptors (Lipinski definition) is 2. The molecular formula is C7H12F3NO2. The summed E-state index contributed by atoms with van der Waals surface area (Å²) >= 11 is 0. The van der Waals surface area contributed by atoms with Crippen LogP contribution in [0.25, 0.3) is 0 Å². The van der Waals surface area contributed by atoms with Gasteiger partial charge in [0.2, 0.25) is 5.91 Å². The molecular weight excluding hydrogens is 187 g/mol. The molecule has 78 valence electrons. The molecule has 13 heavy (non-hydrogen) atoms. The van der Waals surface area contributed by atoms with Crippen molar-refractivity contribution < 1.29 is 23.1 Å². The molecule has 0 aromatic heterocycles. The molecule has 1 unspecified atom stereocenters. The Hall–Kier alpha value is -0.780. The lowest BCUT2D eigenvalue weighted by atomic mass is 10.1. The third-order valence-corrected chi connectivity index (χ3v) is 1.58. The van der Waals surface area contributed by atoms with E-state index in [0.717, 1.165) is 7.11 Å². The molecule has 1 aliphatic heterocycles. The molecule has 1 atom stereocenters. The van der Waals surface area contributed by atoms with Crippen molar-refractivity contribution >= 4 is 5.91 Å². The Morgan fingerprint density at radius 3 is 2.38 bits per heavy atom. The van der Waals surface area contributed by atoms with Crippen LogP contribution < -0.4 is 5.32 Å². The summed E-state index contributed by atoms with van der Waals surface area (Å²) in [6.45, 7) is 0.165. The first-order chi connectivity index (χ1) is 5.97. The summed E-state index contributed by atoms with van der Waals surface area (Å²) in [4.78, 5) is 10.5. The highest BCUT2D eigenvalue weighted by Gasteiger charge is 2.35. The second-order valence-corrected chi connectivity index (χ2v) is 2.69. The molecule has 0 aromatic carbocycles. The highest BCUT2D eigenvalue weighted by Crippen LogP contribution is 2.27. The van der Waals surface area contributed by atoms with E-state index >= 15 is 0 Å². The molecule has 6 heteroatoms. The zero-order chi connectivity index (χ0) is 10.5. The van der Waals surface area contributed by atoms with Crippen LogP contribution in [0, 0.1) is 5.92 Å². The van der Waals surface area contributed by atoms with Crippen LogP contribution in [0.2, 0.25) is 0 Å². The van der Waals surface area contributed by atoms with Gasteiger partial charge in [-0.25, -0.2) is 0 Å². The van der Waals surface area contributed by atoms with Crippen LogP contribution in [0.1, 0.15) is 12.8 Å². The van der Waals surface area contributed by atoms with Crippen molar-refractivity contribution in [1.82, 2.24) is 5.32 Å². The Morgan fingerprint density at radius 2 is 2.08 bits per heavy atom. The standard InChI is InChI=1S/C6H8F3NO.CH4O/c7-6(8,9)2-4-1-5(11)10-3-4;1-2/h4H,1-3H2,(H,10,11);2H,1H3. The van der Waals surface area contributed by atoms with Gasteiger partial charge >= 0.3 is 6.18 Å². The van der Waals surface area contributed by atoms with Crippen molar-refractivity contribution in [2.24, 2.45) is 5.92 Å². The Labute approximate surface area is 73.9 Å². The Balaban J connectivity index is 0.000000671. The van der Waals surface area contributed by atoms with Crippen LogP contribution in [0.15, 0.2) is 0 Å². The molecule has 0 aromatic rings. The minimum Gasteiger partial charge on any atom is -0.400 e. The van der Waals surface area contributed by atoms with Gasteiger partial charge in [0.25, 0.3) is 0 Å². The fourth-order valence-electron chi connectivity index (χ4n) is 1.14. The molecule has 0 spiro atoms. The Bertz CT molecular complexity index is 170. The number of amides is 1. The van der Waals surface area contributed by atoms with Crippen LogP contribution in [0.4, 0.5) is 13.2 Å². The van der Waals surface area contributed by atoms with E-state index in [1.807, 2.05) is 0 Å². The van der Waals surface area contributed by atoms with Crippen molar-refractivity contribution in [1.29, 1.82) is 0 Å². The number of halogens is 3. The first kappa shape index (κ1) is 12.2. The first-order valence-corrected chi connectivity index (χ1v) is 3.75. The molecule has 0 bridgehead atoms. The number of rotatable bonds is 1. The summed E-state index contributed by atoms with van der Waals surface area (Å²) in [5, 5.41) is 9.35. The van der Waals surface area contributed by atoms with E-state index in [9.17, 15) is 18.0 Å². The highest BCUT2D eigenvalue weighted by atomic mass is 19.4. The van der Waals surface area contributed by atoms with Crippen LogP contribution in [0.3, 0.4) is 0 Å². The summed E-state index contributed by atoms with van der Waals surface area (Å²) in [5.74, 6) is -0.832. The predicted molar refractivity (Wildman–Crippen MR) is 39.9 cm³/mol. The second kappa shape index (κ2) is 5.06. The zero-order valence-electron chi connectivity index (χ0n) is 7.19. The zero-order valence-corrected chi connectivity index (χ0v) is 7.19. The van der Waals surface area contributed by atoms with Crippen molar-refractivity contribution in [3.8, 4) is 0 Å². The van der Waals surface area contributed by atoms with Crippen LogP contribution in [-0.4, -0.2) is 30.8 Å². The number of nitrogens with one attached hydrogen (secondary N) is 1. The molecule has 1 aliphatic rings. The maximum atomic E-state index is 11.7. The number of aliphatic hydroxyl groups is 1. The minimum atomic E-state index is -4.14. The molecule has 1 saturated heterocycles. The number of hydrogen-bond donors (Lipinski definition) is 2. The van der Waals surface area contributed by atoms with Gasteiger partial charge in [-0.3, -0.25) is 4.79 Å². The molecule has 1 rings (SSSR count). The molecule has 0 radical (unpaired) electrons. The molecule has 3 nitrogen and oxygen atoms in total. The Morgan fingerprint density at radius 1 is 1.54 bits per heavy atom. The summed E-state index contributed by atoms with van der Waals surface area (Å²) in [6, 6.07) is 0. The number of aliphatic hydroxyl groups excluding tert-OH is 1. The van der Waals surface area contributed by atoms with Crippen molar-refractivity contribution in [3.05, 3.63) is 0 Å². The summed E-state index contributed by atoms with van der Waals surface area (Å²) in [7, 11) is 1.00. The van der Waals surface area contributed by atoms with E-state index in [4.69, 9.17) is 5.11 Å². The topological polar surface area (TPSA) is 49.3 Å². The Kier molecular flexibility index (Phi) is 4.76. The van der Waals surface area contributed by atoms with Gasteiger partial charge in [0.15, 0.2) is 0 Å².